The second-order valence-corrected chi connectivity index (χ2v) is 11.1. The molecule has 1 heteroatoms. The van der Waals surface area contributed by atoms with E-state index in [1.807, 2.05) is 0 Å². The first kappa shape index (κ1) is 17.8. The van der Waals surface area contributed by atoms with Crippen LogP contribution in [-0.4, -0.2) is 11.7 Å². The quantitative estimate of drug-likeness (QED) is 0.582. The third kappa shape index (κ3) is 2.51. The van der Waals surface area contributed by atoms with Crippen molar-refractivity contribution in [3.63, 3.8) is 0 Å². The number of aliphatic hydroxyl groups excluding tert-OH is 1. The first-order valence-corrected chi connectivity index (χ1v) is 11.9. The first-order valence-electron chi connectivity index (χ1n) is 11.9. The van der Waals surface area contributed by atoms with Crippen molar-refractivity contribution in [3.05, 3.63) is 12.2 Å². The molecule has 5 aliphatic rings. The molecule has 146 valence electrons. The van der Waals surface area contributed by atoms with Crippen LogP contribution in [0.5, 0.6) is 0 Å². The normalized spacial score (nSPS) is 53.2. The minimum Gasteiger partial charge on any atom is -0.396 e. The SMILES string of the molecule is C=C(C)C1CCC2(CO)CCC3C4CCC5CCCCC5C4CCC3C12. The Morgan fingerprint density at radius 2 is 1.46 bits per heavy atom. The number of allylic oxidation sites excluding steroid dienone is 1. The van der Waals surface area contributed by atoms with Crippen molar-refractivity contribution in [1.29, 1.82) is 0 Å². The van der Waals surface area contributed by atoms with Crippen LogP contribution in [0, 0.1) is 52.8 Å². The fourth-order valence-corrected chi connectivity index (χ4v) is 9.38. The van der Waals surface area contributed by atoms with Gasteiger partial charge < -0.3 is 5.11 Å². The molecule has 26 heavy (non-hydrogen) atoms. The zero-order chi connectivity index (χ0) is 17.9. The molecule has 0 bridgehead atoms. The number of fused-ring (bicyclic) bond motifs is 7. The summed E-state index contributed by atoms with van der Waals surface area (Å²) in [5.74, 6) is 7.54. The Hall–Kier alpha value is -0.300. The maximum absolute atomic E-state index is 10.4. The lowest BCUT2D eigenvalue weighted by Crippen LogP contribution is -2.52. The molecule has 1 nitrogen and oxygen atoms in total. The molecule has 5 fully saturated rings. The summed E-state index contributed by atoms with van der Waals surface area (Å²) in [5, 5.41) is 10.4. The van der Waals surface area contributed by atoms with Crippen molar-refractivity contribution in [2.24, 2.45) is 52.8 Å². The number of hydrogen-bond acceptors (Lipinski definition) is 1. The van der Waals surface area contributed by atoms with E-state index in [1.165, 1.54) is 76.2 Å². The topological polar surface area (TPSA) is 20.2 Å². The molecule has 0 radical (unpaired) electrons. The molecule has 9 unspecified atom stereocenters. The average Bonchev–Trinajstić information content (AvgIpc) is 3.08. The van der Waals surface area contributed by atoms with Crippen LogP contribution < -0.4 is 0 Å². The zero-order valence-corrected chi connectivity index (χ0v) is 17.0. The van der Waals surface area contributed by atoms with Gasteiger partial charge in [0.2, 0.25) is 0 Å². The number of hydrogen-bond donors (Lipinski definition) is 1. The second kappa shape index (κ2) is 6.64. The summed E-state index contributed by atoms with van der Waals surface area (Å²) in [6.45, 7) is 7.08. The fraction of sp³-hybridized carbons (Fsp3) is 0.920. The van der Waals surface area contributed by atoms with Crippen molar-refractivity contribution in [2.75, 3.05) is 6.61 Å². The van der Waals surface area contributed by atoms with E-state index in [4.69, 9.17) is 0 Å². The molecule has 0 aliphatic heterocycles. The van der Waals surface area contributed by atoms with E-state index in [2.05, 4.69) is 13.5 Å². The molecule has 0 amide bonds. The maximum atomic E-state index is 10.4. The van der Waals surface area contributed by atoms with Gasteiger partial charge >= 0.3 is 0 Å². The zero-order valence-electron chi connectivity index (χ0n) is 17.0. The van der Waals surface area contributed by atoms with Gasteiger partial charge in [-0.1, -0.05) is 31.4 Å². The van der Waals surface area contributed by atoms with Crippen LogP contribution in [0.3, 0.4) is 0 Å². The lowest BCUT2D eigenvalue weighted by Gasteiger charge is -2.59. The molecule has 0 aromatic carbocycles. The van der Waals surface area contributed by atoms with Gasteiger partial charge in [-0.15, -0.1) is 0 Å². The van der Waals surface area contributed by atoms with E-state index >= 15 is 0 Å². The minimum absolute atomic E-state index is 0.250. The summed E-state index contributed by atoms with van der Waals surface area (Å²) >= 11 is 0. The monoisotopic (exact) mass is 356 g/mol. The molecule has 5 saturated carbocycles. The van der Waals surface area contributed by atoms with E-state index in [-0.39, 0.29) is 5.41 Å². The Morgan fingerprint density at radius 1 is 0.808 bits per heavy atom. The maximum Gasteiger partial charge on any atom is 0.0490 e. The van der Waals surface area contributed by atoms with Crippen LogP contribution in [0.4, 0.5) is 0 Å². The molecule has 0 saturated heterocycles. The lowest BCUT2D eigenvalue weighted by atomic mass is 9.46. The van der Waals surface area contributed by atoms with Gasteiger partial charge in [-0.3, -0.25) is 0 Å². The standard InChI is InChI=1S/C25H40O/c1-16(2)18-11-13-25(15-26)14-12-22-21-8-7-17-5-3-4-6-19(17)20(21)9-10-23(22)24(18)25/h17-24,26H,1,3-15H2,2H3. The highest BCUT2D eigenvalue weighted by atomic mass is 16.3. The largest absolute Gasteiger partial charge is 0.396 e. The molecule has 5 aliphatic carbocycles. The van der Waals surface area contributed by atoms with Crippen molar-refractivity contribution in [1.82, 2.24) is 0 Å². The van der Waals surface area contributed by atoms with Gasteiger partial charge in [-0.2, -0.15) is 0 Å². The Bertz CT molecular complexity index is 552. The van der Waals surface area contributed by atoms with Gasteiger partial charge in [0.15, 0.2) is 0 Å². The Kier molecular flexibility index (Phi) is 4.54. The van der Waals surface area contributed by atoms with E-state index in [1.54, 1.807) is 6.42 Å². The third-order valence-electron chi connectivity index (χ3n) is 10.4. The van der Waals surface area contributed by atoms with Gasteiger partial charge in [-0.25, -0.2) is 0 Å². The van der Waals surface area contributed by atoms with Crippen LogP contribution in [-0.2, 0) is 0 Å². The van der Waals surface area contributed by atoms with E-state index in [0.29, 0.717) is 12.5 Å². The van der Waals surface area contributed by atoms with Crippen molar-refractivity contribution >= 4 is 0 Å². The van der Waals surface area contributed by atoms with Crippen LogP contribution >= 0.6 is 0 Å². The molecule has 0 aromatic heterocycles. The van der Waals surface area contributed by atoms with Gasteiger partial charge in [0.05, 0.1) is 0 Å². The molecule has 1 N–H and O–H groups in total. The highest BCUT2D eigenvalue weighted by Gasteiger charge is 2.59. The van der Waals surface area contributed by atoms with Crippen molar-refractivity contribution in [2.45, 2.75) is 84.0 Å². The summed E-state index contributed by atoms with van der Waals surface area (Å²) in [5.41, 5.74) is 1.66. The first-order chi connectivity index (χ1) is 12.6. The fourth-order valence-electron chi connectivity index (χ4n) is 9.38. The summed E-state index contributed by atoms with van der Waals surface area (Å²) in [4.78, 5) is 0. The highest BCUT2D eigenvalue weighted by Crippen LogP contribution is 2.66. The minimum atomic E-state index is 0.250. The molecular weight excluding hydrogens is 316 g/mol. The van der Waals surface area contributed by atoms with Crippen molar-refractivity contribution < 1.29 is 5.11 Å². The van der Waals surface area contributed by atoms with Crippen LogP contribution in [0.1, 0.15) is 84.0 Å². The Labute approximate surface area is 161 Å². The predicted molar refractivity (Wildman–Crippen MR) is 108 cm³/mol. The third-order valence-corrected chi connectivity index (χ3v) is 10.4. The Balaban J connectivity index is 1.42. The predicted octanol–water partition coefficient (Wildman–Crippen LogP) is 6.22. The molecular formula is C25H40O. The van der Waals surface area contributed by atoms with E-state index < -0.39 is 0 Å². The summed E-state index contributed by atoms with van der Waals surface area (Å²) < 4.78 is 0. The summed E-state index contributed by atoms with van der Waals surface area (Å²) in [6.07, 6.45) is 17.4. The Morgan fingerprint density at radius 3 is 2.27 bits per heavy atom. The van der Waals surface area contributed by atoms with Gasteiger partial charge in [0.1, 0.15) is 0 Å². The lowest BCUT2D eigenvalue weighted by molar-refractivity contribution is -0.106. The van der Waals surface area contributed by atoms with Crippen LogP contribution in [0.2, 0.25) is 0 Å². The molecule has 0 spiro atoms. The summed E-state index contributed by atoms with van der Waals surface area (Å²) in [6, 6.07) is 0. The second-order valence-electron chi connectivity index (χ2n) is 11.1. The van der Waals surface area contributed by atoms with Gasteiger partial charge in [-0.05, 0) is 117 Å². The molecule has 5 rings (SSSR count). The molecule has 0 heterocycles. The van der Waals surface area contributed by atoms with Crippen molar-refractivity contribution in [3.8, 4) is 0 Å². The number of rotatable bonds is 2. The smallest absolute Gasteiger partial charge is 0.0490 e. The van der Waals surface area contributed by atoms with Gasteiger partial charge in [0.25, 0.3) is 0 Å². The highest BCUT2D eigenvalue weighted by molar-refractivity contribution is 5.14. The van der Waals surface area contributed by atoms with E-state index in [9.17, 15) is 5.11 Å². The molecule has 0 aromatic rings. The van der Waals surface area contributed by atoms with E-state index in [0.717, 1.165) is 41.4 Å². The summed E-state index contributed by atoms with van der Waals surface area (Å²) in [7, 11) is 0. The van der Waals surface area contributed by atoms with Crippen LogP contribution in [0.15, 0.2) is 12.2 Å². The van der Waals surface area contributed by atoms with Gasteiger partial charge in [0, 0.05) is 6.61 Å². The van der Waals surface area contributed by atoms with Crippen LogP contribution in [0.25, 0.3) is 0 Å². The molecule has 9 atom stereocenters. The average molecular weight is 357 g/mol. The number of aliphatic hydroxyl groups is 1.